The van der Waals surface area contributed by atoms with Gasteiger partial charge < -0.3 is 45.1 Å². The molecule has 216 valence electrons. The molecule has 0 aromatic rings. The van der Waals surface area contributed by atoms with Crippen molar-refractivity contribution in [2.24, 2.45) is 29.4 Å². The van der Waals surface area contributed by atoms with E-state index < -0.39 is 83.9 Å². The highest BCUT2D eigenvalue weighted by Gasteiger charge is 2.57. The van der Waals surface area contributed by atoms with Gasteiger partial charge in [0.15, 0.2) is 6.29 Å². The molecule has 15 atom stereocenters. The third-order valence-corrected chi connectivity index (χ3v) is 9.04. The molecule has 3 aliphatic rings. The standard InChI is InChI=1S/C27H49NO9/c1-9-18(29)27(8,33)23-16(6)21-12(2)11-26(7,37-21)22(14(4)19(30)15(5)24(32)35-23)36-25-20(31)17(28)10-13(3)34-25/h12-23,25,29-31,33H,9-11,28H2,1-8H3/t12?,13?,14-,15+,16-,17?,18+,19-,20?,21?,22+,23+,25-,26?,27+/m0/s1. The summed E-state index contributed by atoms with van der Waals surface area (Å²) in [7, 11) is 0. The van der Waals surface area contributed by atoms with Crippen LogP contribution in [0.4, 0.5) is 0 Å². The van der Waals surface area contributed by atoms with Gasteiger partial charge in [0.1, 0.15) is 17.8 Å². The maximum Gasteiger partial charge on any atom is 0.311 e. The van der Waals surface area contributed by atoms with E-state index in [1.54, 1.807) is 20.8 Å². The van der Waals surface area contributed by atoms with Crippen molar-refractivity contribution in [1.29, 1.82) is 0 Å². The van der Waals surface area contributed by atoms with Crippen molar-refractivity contribution < 1.29 is 44.2 Å². The summed E-state index contributed by atoms with van der Waals surface area (Å²) in [6.45, 7) is 14.2. The van der Waals surface area contributed by atoms with E-state index in [4.69, 9.17) is 24.7 Å². The molecule has 0 aromatic carbocycles. The van der Waals surface area contributed by atoms with Crippen molar-refractivity contribution >= 4 is 5.97 Å². The molecular formula is C27H49NO9. The molecule has 3 heterocycles. The van der Waals surface area contributed by atoms with E-state index in [1.807, 2.05) is 27.7 Å². The molecule has 0 saturated carbocycles. The van der Waals surface area contributed by atoms with Crippen LogP contribution in [0.2, 0.25) is 0 Å². The summed E-state index contributed by atoms with van der Waals surface area (Å²) < 4.78 is 24.9. The van der Waals surface area contributed by atoms with E-state index in [9.17, 15) is 25.2 Å². The van der Waals surface area contributed by atoms with Crippen LogP contribution in [0.1, 0.15) is 74.7 Å². The molecule has 0 amide bonds. The van der Waals surface area contributed by atoms with Gasteiger partial charge in [-0.25, -0.2) is 0 Å². The molecule has 10 nitrogen and oxygen atoms in total. The average Bonchev–Trinajstić information content (AvgIpc) is 3.14. The fourth-order valence-electron chi connectivity index (χ4n) is 6.75. The number of carbonyl (C=O) groups is 1. The summed E-state index contributed by atoms with van der Waals surface area (Å²) in [4.78, 5) is 13.3. The first kappa shape index (κ1) is 30.7. The number of rotatable bonds is 5. The SMILES string of the molecule is CC[C@@H](O)[C@@](C)(O)[C@@H]1OC(=O)[C@H](C)[C@@H](O)[C@H](C)[C@@H](O[C@@H]2OC(C)CC(N)C2O)C2(C)CC(C)C(O2)[C@@H]1C. The molecule has 3 aliphatic heterocycles. The van der Waals surface area contributed by atoms with E-state index in [2.05, 4.69) is 0 Å². The fourth-order valence-corrected chi connectivity index (χ4v) is 6.75. The Labute approximate surface area is 220 Å². The van der Waals surface area contributed by atoms with Gasteiger partial charge >= 0.3 is 5.97 Å². The Balaban J connectivity index is 2.04. The van der Waals surface area contributed by atoms with Gasteiger partial charge in [-0.2, -0.15) is 0 Å². The van der Waals surface area contributed by atoms with Crippen LogP contribution in [0.3, 0.4) is 0 Å². The minimum Gasteiger partial charge on any atom is -0.459 e. The molecule has 6 N–H and O–H groups in total. The van der Waals surface area contributed by atoms with Crippen molar-refractivity contribution in [3.8, 4) is 0 Å². The molecule has 0 aliphatic carbocycles. The Morgan fingerprint density at radius 3 is 2.38 bits per heavy atom. The summed E-state index contributed by atoms with van der Waals surface area (Å²) in [6, 6.07) is -0.525. The monoisotopic (exact) mass is 531 g/mol. The number of hydrogen-bond donors (Lipinski definition) is 5. The zero-order valence-electron chi connectivity index (χ0n) is 23.5. The average molecular weight is 532 g/mol. The Hall–Kier alpha value is -0.850. The number of fused-ring (bicyclic) bond motifs is 2. The Morgan fingerprint density at radius 1 is 1.16 bits per heavy atom. The van der Waals surface area contributed by atoms with E-state index in [0.29, 0.717) is 12.8 Å². The van der Waals surface area contributed by atoms with Crippen molar-refractivity contribution in [1.82, 2.24) is 0 Å². The minimum atomic E-state index is -1.74. The molecule has 3 fully saturated rings. The van der Waals surface area contributed by atoms with Gasteiger partial charge in [-0.1, -0.05) is 27.7 Å². The number of hydrogen-bond acceptors (Lipinski definition) is 10. The van der Waals surface area contributed by atoms with Gasteiger partial charge in [-0.15, -0.1) is 0 Å². The summed E-state index contributed by atoms with van der Waals surface area (Å²) in [5.74, 6) is -2.77. The third kappa shape index (κ3) is 5.87. The van der Waals surface area contributed by atoms with Gasteiger partial charge in [0.25, 0.3) is 0 Å². The molecule has 3 rings (SSSR count). The normalized spacial score (nSPS) is 50.0. The summed E-state index contributed by atoms with van der Waals surface area (Å²) in [5, 5.41) is 44.1. The van der Waals surface area contributed by atoms with Crippen LogP contribution in [0, 0.1) is 23.7 Å². The second-order valence-corrected chi connectivity index (χ2v) is 12.3. The topological polar surface area (TPSA) is 161 Å². The summed E-state index contributed by atoms with van der Waals surface area (Å²) in [6.07, 6.45) is -5.59. The zero-order valence-corrected chi connectivity index (χ0v) is 23.5. The second kappa shape index (κ2) is 11.3. The first-order chi connectivity index (χ1) is 17.0. The molecule has 0 aromatic heterocycles. The van der Waals surface area contributed by atoms with E-state index in [0.717, 1.165) is 0 Å². The molecule has 0 radical (unpaired) electrons. The Kier molecular flexibility index (Phi) is 9.40. The molecule has 2 bridgehead atoms. The summed E-state index contributed by atoms with van der Waals surface area (Å²) >= 11 is 0. The van der Waals surface area contributed by atoms with Gasteiger partial charge in [-0.05, 0) is 52.9 Å². The van der Waals surface area contributed by atoms with Gasteiger partial charge in [0, 0.05) is 17.9 Å². The highest BCUT2D eigenvalue weighted by atomic mass is 16.7. The quantitative estimate of drug-likeness (QED) is 0.325. The molecule has 3 saturated heterocycles. The van der Waals surface area contributed by atoms with Crippen LogP contribution in [0.25, 0.3) is 0 Å². The maximum atomic E-state index is 13.3. The van der Waals surface area contributed by atoms with Crippen molar-refractivity contribution in [3.05, 3.63) is 0 Å². The minimum absolute atomic E-state index is 0.0264. The van der Waals surface area contributed by atoms with Crippen LogP contribution in [-0.4, -0.2) is 92.7 Å². The van der Waals surface area contributed by atoms with Gasteiger partial charge in [0.05, 0.1) is 42.0 Å². The Morgan fingerprint density at radius 2 is 1.78 bits per heavy atom. The van der Waals surface area contributed by atoms with Gasteiger partial charge in [0.2, 0.25) is 0 Å². The molecule has 37 heavy (non-hydrogen) atoms. The lowest BCUT2D eigenvalue weighted by Gasteiger charge is -2.45. The largest absolute Gasteiger partial charge is 0.459 e. The molecule has 0 spiro atoms. The van der Waals surface area contributed by atoms with Crippen molar-refractivity contribution in [3.63, 3.8) is 0 Å². The van der Waals surface area contributed by atoms with Crippen molar-refractivity contribution in [2.75, 3.05) is 0 Å². The van der Waals surface area contributed by atoms with Crippen LogP contribution < -0.4 is 5.73 Å². The zero-order chi connectivity index (χ0) is 28.0. The smallest absolute Gasteiger partial charge is 0.311 e. The molecule has 6 unspecified atom stereocenters. The lowest BCUT2D eigenvalue weighted by atomic mass is 9.76. The van der Waals surface area contributed by atoms with Crippen LogP contribution >= 0.6 is 0 Å². The highest BCUT2D eigenvalue weighted by Crippen LogP contribution is 2.47. The number of ether oxygens (including phenoxy) is 4. The number of cyclic esters (lactones) is 1. The Bertz CT molecular complexity index is 796. The van der Waals surface area contributed by atoms with Crippen molar-refractivity contribution in [2.45, 2.75) is 141 Å². The number of nitrogens with two attached hydrogens (primary N) is 1. The number of aliphatic hydroxyl groups excluding tert-OH is 3. The second-order valence-electron chi connectivity index (χ2n) is 12.3. The predicted molar refractivity (Wildman–Crippen MR) is 135 cm³/mol. The number of carbonyl (C=O) groups excluding carboxylic acids is 1. The first-order valence-corrected chi connectivity index (χ1v) is 13.8. The summed E-state index contributed by atoms with van der Waals surface area (Å²) in [5.41, 5.74) is 3.48. The van der Waals surface area contributed by atoms with Gasteiger partial charge in [-0.3, -0.25) is 4.79 Å². The molecular weight excluding hydrogens is 482 g/mol. The van der Waals surface area contributed by atoms with Crippen LogP contribution in [0.5, 0.6) is 0 Å². The van der Waals surface area contributed by atoms with Crippen LogP contribution in [-0.2, 0) is 23.7 Å². The lowest BCUT2D eigenvalue weighted by Crippen LogP contribution is -2.58. The van der Waals surface area contributed by atoms with Crippen LogP contribution in [0.15, 0.2) is 0 Å². The highest BCUT2D eigenvalue weighted by molar-refractivity contribution is 5.73. The van der Waals surface area contributed by atoms with E-state index in [-0.39, 0.29) is 18.4 Å². The number of aliphatic hydroxyl groups is 4. The van der Waals surface area contributed by atoms with E-state index in [1.165, 1.54) is 6.92 Å². The third-order valence-electron chi connectivity index (χ3n) is 9.04. The number of esters is 1. The predicted octanol–water partition coefficient (Wildman–Crippen LogP) is 1.09. The maximum absolute atomic E-state index is 13.3. The first-order valence-electron chi connectivity index (χ1n) is 13.8. The lowest BCUT2D eigenvalue weighted by molar-refractivity contribution is -0.294. The van der Waals surface area contributed by atoms with E-state index >= 15 is 0 Å². The molecule has 10 heteroatoms. The fraction of sp³-hybridized carbons (Fsp3) is 0.963.